The number of amides is 1. The van der Waals surface area contributed by atoms with E-state index in [0.717, 1.165) is 18.0 Å². The summed E-state index contributed by atoms with van der Waals surface area (Å²) < 4.78 is 2.22. The number of thiophene rings is 1. The predicted molar refractivity (Wildman–Crippen MR) is 82.7 cm³/mol. The van der Waals surface area contributed by atoms with E-state index in [2.05, 4.69) is 42.8 Å². The molecule has 1 atom stereocenters. The van der Waals surface area contributed by atoms with E-state index in [1.807, 2.05) is 17.0 Å². The molecule has 0 saturated heterocycles. The van der Waals surface area contributed by atoms with Gasteiger partial charge in [-0.05, 0) is 44.2 Å². The fourth-order valence-corrected chi connectivity index (χ4v) is 3.45. The number of carbonyl (C=O) groups is 1. The zero-order chi connectivity index (χ0) is 14.1. The number of nitrogens with zero attached hydrogens (tertiary/aromatic N) is 2. The molecule has 0 saturated carbocycles. The van der Waals surface area contributed by atoms with Crippen molar-refractivity contribution >= 4 is 23.3 Å². The first-order valence-electron chi connectivity index (χ1n) is 6.85. The lowest BCUT2D eigenvalue weighted by Crippen LogP contribution is -2.39. The zero-order valence-corrected chi connectivity index (χ0v) is 12.6. The maximum Gasteiger partial charge on any atom is 0.247 e. The summed E-state index contributed by atoms with van der Waals surface area (Å²) in [5, 5.41) is 0. The molecule has 2 aromatic heterocycles. The first kappa shape index (κ1) is 13.2. The maximum atomic E-state index is 12.4. The van der Waals surface area contributed by atoms with E-state index < -0.39 is 0 Å². The number of aryl methyl sites for hydroxylation is 1. The minimum atomic E-state index is 0.0935. The van der Waals surface area contributed by atoms with Crippen LogP contribution in [0.5, 0.6) is 0 Å². The molecule has 0 aromatic carbocycles. The molecule has 1 aliphatic rings. The number of carbonyl (C=O) groups excluding carboxylic acids is 1. The van der Waals surface area contributed by atoms with Crippen LogP contribution in [0.15, 0.2) is 36.5 Å². The van der Waals surface area contributed by atoms with Crippen LogP contribution >= 0.6 is 11.3 Å². The van der Waals surface area contributed by atoms with Crippen molar-refractivity contribution in [1.29, 1.82) is 0 Å². The molecule has 1 aliphatic heterocycles. The summed E-state index contributed by atoms with van der Waals surface area (Å²) in [6.07, 6.45) is 5.69. The molecular formula is C16H18N2OS. The van der Waals surface area contributed by atoms with Crippen LogP contribution in [0.2, 0.25) is 0 Å². The van der Waals surface area contributed by atoms with Crippen molar-refractivity contribution in [3.63, 3.8) is 0 Å². The molecule has 0 spiro atoms. The number of hydrogen-bond donors (Lipinski definition) is 0. The van der Waals surface area contributed by atoms with Crippen molar-refractivity contribution in [1.82, 2.24) is 9.47 Å². The van der Waals surface area contributed by atoms with Crippen LogP contribution < -0.4 is 0 Å². The zero-order valence-electron chi connectivity index (χ0n) is 11.7. The smallest absolute Gasteiger partial charge is 0.247 e. The molecule has 104 valence electrons. The average molecular weight is 286 g/mol. The summed E-state index contributed by atoms with van der Waals surface area (Å²) >= 11 is 1.71. The van der Waals surface area contributed by atoms with E-state index in [0.29, 0.717) is 0 Å². The van der Waals surface area contributed by atoms with Crippen molar-refractivity contribution in [3.05, 3.63) is 52.0 Å². The Morgan fingerprint density at radius 3 is 2.95 bits per heavy atom. The van der Waals surface area contributed by atoms with Crippen molar-refractivity contribution in [2.24, 2.45) is 0 Å². The van der Waals surface area contributed by atoms with Crippen LogP contribution in [0.1, 0.15) is 28.4 Å². The van der Waals surface area contributed by atoms with Crippen LogP contribution in [0.3, 0.4) is 0 Å². The van der Waals surface area contributed by atoms with Crippen molar-refractivity contribution in [2.75, 3.05) is 6.54 Å². The molecule has 3 nitrogen and oxygen atoms in total. The molecular weight excluding hydrogens is 268 g/mol. The Morgan fingerprint density at radius 1 is 1.35 bits per heavy atom. The summed E-state index contributed by atoms with van der Waals surface area (Å²) in [5.74, 6) is 0.0935. The number of hydrogen-bond acceptors (Lipinski definition) is 2. The molecule has 0 fully saturated rings. The Hall–Kier alpha value is -1.81. The average Bonchev–Trinajstić information content (AvgIpc) is 3.05. The van der Waals surface area contributed by atoms with Crippen molar-refractivity contribution in [2.45, 2.75) is 26.4 Å². The normalized spacial score (nSPS) is 18.5. The summed E-state index contributed by atoms with van der Waals surface area (Å²) in [7, 11) is 0. The SMILES string of the molecule is Cc1ccc(/C=C\C(=O)N2CCn3cccc3[C@H]2C)s1. The number of rotatable bonds is 2. The standard InChI is InChI=1S/C16H18N2OS/c1-12-5-6-14(20-12)7-8-16(19)18-11-10-17-9-3-4-15(17)13(18)2/h3-9,13H,10-11H2,1-2H3/b8-7-/t13-/m1/s1. The minimum Gasteiger partial charge on any atom is -0.348 e. The van der Waals surface area contributed by atoms with E-state index in [9.17, 15) is 4.79 Å². The van der Waals surface area contributed by atoms with E-state index in [-0.39, 0.29) is 11.9 Å². The highest BCUT2D eigenvalue weighted by Crippen LogP contribution is 2.25. The lowest BCUT2D eigenvalue weighted by molar-refractivity contribution is -0.129. The van der Waals surface area contributed by atoms with Gasteiger partial charge in [-0.2, -0.15) is 0 Å². The van der Waals surface area contributed by atoms with Gasteiger partial charge in [-0.1, -0.05) is 0 Å². The summed E-state index contributed by atoms with van der Waals surface area (Å²) in [5.41, 5.74) is 1.21. The van der Waals surface area contributed by atoms with Gasteiger partial charge >= 0.3 is 0 Å². The molecule has 3 heterocycles. The number of fused-ring (bicyclic) bond motifs is 1. The molecule has 0 N–H and O–H groups in total. The van der Waals surface area contributed by atoms with Gasteiger partial charge in [-0.25, -0.2) is 0 Å². The fraction of sp³-hybridized carbons (Fsp3) is 0.312. The molecule has 0 aliphatic carbocycles. The molecule has 0 unspecified atom stereocenters. The molecule has 0 radical (unpaired) electrons. The van der Waals surface area contributed by atoms with Crippen LogP contribution in [-0.2, 0) is 11.3 Å². The van der Waals surface area contributed by atoms with Crippen molar-refractivity contribution in [3.8, 4) is 0 Å². The van der Waals surface area contributed by atoms with Crippen LogP contribution in [-0.4, -0.2) is 21.9 Å². The lowest BCUT2D eigenvalue weighted by Gasteiger charge is -2.34. The van der Waals surface area contributed by atoms with Gasteiger partial charge in [0, 0.05) is 40.8 Å². The van der Waals surface area contributed by atoms with Gasteiger partial charge in [-0.3, -0.25) is 4.79 Å². The van der Waals surface area contributed by atoms with Gasteiger partial charge in [0.15, 0.2) is 0 Å². The molecule has 0 bridgehead atoms. The molecule has 2 aromatic rings. The van der Waals surface area contributed by atoms with E-state index >= 15 is 0 Å². The molecule has 20 heavy (non-hydrogen) atoms. The second kappa shape index (κ2) is 5.29. The highest BCUT2D eigenvalue weighted by atomic mass is 32.1. The van der Waals surface area contributed by atoms with E-state index in [1.165, 1.54) is 10.6 Å². The second-order valence-electron chi connectivity index (χ2n) is 5.12. The third kappa shape index (κ3) is 2.43. The molecule has 1 amide bonds. The van der Waals surface area contributed by atoms with Gasteiger partial charge in [0.1, 0.15) is 0 Å². The Kier molecular flexibility index (Phi) is 3.49. The first-order chi connectivity index (χ1) is 9.65. The maximum absolute atomic E-state index is 12.4. The predicted octanol–water partition coefficient (Wildman–Crippen LogP) is 3.47. The highest BCUT2D eigenvalue weighted by Gasteiger charge is 2.25. The number of aromatic nitrogens is 1. The quantitative estimate of drug-likeness (QED) is 0.776. The summed E-state index contributed by atoms with van der Waals surface area (Å²) in [6, 6.07) is 8.40. The summed E-state index contributed by atoms with van der Waals surface area (Å²) in [6.45, 7) is 5.82. The minimum absolute atomic E-state index is 0.0935. The Morgan fingerprint density at radius 2 is 2.20 bits per heavy atom. The van der Waals surface area contributed by atoms with E-state index in [1.54, 1.807) is 17.4 Å². The van der Waals surface area contributed by atoms with Gasteiger partial charge in [0.25, 0.3) is 0 Å². The third-order valence-corrected chi connectivity index (χ3v) is 4.74. The Balaban J connectivity index is 1.74. The van der Waals surface area contributed by atoms with Gasteiger partial charge < -0.3 is 9.47 Å². The fourth-order valence-electron chi connectivity index (χ4n) is 2.67. The van der Waals surface area contributed by atoms with E-state index in [4.69, 9.17) is 0 Å². The molecule has 3 rings (SSSR count). The van der Waals surface area contributed by atoms with Gasteiger partial charge in [0.2, 0.25) is 5.91 Å². The van der Waals surface area contributed by atoms with Crippen LogP contribution in [0.4, 0.5) is 0 Å². The van der Waals surface area contributed by atoms with Crippen LogP contribution in [0, 0.1) is 6.92 Å². The molecule has 4 heteroatoms. The second-order valence-corrected chi connectivity index (χ2v) is 6.44. The summed E-state index contributed by atoms with van der Waals surface area (Å²) in [4.78, 5) is 16.7. The Labute approximate surface area is 123 Å². The Bertz CT molecular complexity index is 653. The highest BCUT2D eigenvalue weighted by molar-refractivity contribution is 7.12. The first-order valence-corrected chi connectivity index (χ1v) is 7.67. The van der Waals surface area contributed by atoms with Crippen LogP contribution in [0.25, 0.3) is 6.08 Å². The van der Waals surface area contributed by atoms with Gasteiger partial charge in [-0.15, -0.1) is 11.3 Å². The van der Waals surface area contributed by atoms with Gasteiger partial charge in [0.05, 0.1) is 6.04 Å². The lowest BCUT2D eigenvalue weighted by atomic mass is 10.1. The largest absolute Gasteiger partial charge is 0.348 e. The third-order valence-electron chi connectivity index (χ3n) is 3.78. The monoisotopic (exact) mass is 286 g/mol. The van der Waals surface area contributed by atoms with Crippen molar-refractivity contribution < 1.29 is 4.79 Å². The topological polar surface area (TPSA) is 25.2 Å².